The van der Waals surface area contributed by atoms with Crippen LogP contribution in [0.3, 0.4) is 0 Å². The van der Waals surface area contributed by atoms with Crippen molar-refractivity contribution in [3.05, 3.63) is 18.2 Å². The van der Waals surface area contributed by atoms with Crippen molar-refractivity contribution in [3.63, 3.8) is 0 Å². The van der Waals surface area contributed by atoms with Crippen LogP contribution in [0, 0.1) is 0 Å². The Bertz CT molecular complexity index is 553. The summed E-state index contributed by atoms with van der Waals surface area (Å²) >= 11 is 0. The van der Waals surface area contributed by atoms with Gasteiger partial charge in [-0.15, -0.1) is 0 Å². The van der Waals surface area contributed by atoms with Crippen molar-refractivity contribution in [1.82, 2.24) is 9.55 Å². The second-order valence-electron chi connectivity index (χ2n) is 3.69. The van der Waals surface area contributed by atoms with Gasteiger partial charge < -0.3 is 9.67 Å². The third kappa shape index (κ3) is 5.17. The number of sulfonamides is 1. The Morgan fingerprint density at radius 3 is 2.20 bits per heavy atom. The van der Waals surface area contributed by atoms with Gasteiger partial charge in [-0.2, -0.15) is 13.2 Å². The number of aryl methyl sites for hydroxylation is 1. The van der Waals surface area contributed by atoms with E-state index >= 15 is 0 Å². The number of alkyl halides is 3. The summed E-state index contributed by atoms with van der Waals surface area (Å²) < 4.78 is 52.9. The Balaban J connectivity index is 0.000000396. The highest BCUT2D eigenvalue weighted by molar-refractivity contribution is 7.90. The first-order valence-electron chi connectivity index (χ1n) is 5.20. The van der Waals surface area contributed by atoms with Gasteiger partial charge >= 0.3 is 21.5 Å². The number of aliphatic carboxylic acids is 1. The molecule has 0 amide bonds. The van der Waals surface area contributed by atoms with Crippen LogP contribution >= 0.6 is 0 Å². The molecule has 116 valence electrons. The number of imidazole rings is 1. The smallest absolute Gasteiger partial charge is 0.481 e. The summed E-state index contributed by atoms with van der Waals surface area (Å²) in [6.07, 6.45) is 3.93. The highest BCUT2D eigenvalue weighted by Crippen LogP contribution is 2.18. The molecule has 0 radical (unpaired) electrons. The van der Waals surface area contributed by atoms with Crippen LogP contribution in [0.5, 0.6) is 0 Å². The van der Waals surface area contributed by atoms with Crippen molar-refractivity contribution in [2.75, 3.05) is 0 Å². The van der Waals surface area contributed by atoms with E-state index in [1.165, 1.54) is 0 Å². The van der Waals surface area contributed by atoms with E-state index in [2.05, 4.69) is 10.1 Å². The molecular formula is C9H14F3N3O4S. The standard InChI is InChI=1S/C8H12N2O2.CH2F3NO2S/c1-3-6(8(11)12)7-9-4-5-10(7)2;2-1(3,4)8(5,6)7/h4-6H,3H2,1-2H3,(H,11,12);(H2,5,6,7). The number of nitrogens with two attached hydrogens (primary N) is 1. The molecule has 0 spiro atoms. The van der Waals surface area contributed by atoms with E-state index in [9.17, 15) is 26.4 Å². The molecule has 3 N–H and O–H groups in total. The molecule has 1 atom stereocenters. The van der Waals surface area contributed by atoms with Gasteiger partial charge in [0.15, 0.2) is 0 Å². The fraction of sp³-hybridized carbons (Fsp3) is 0.556. The van der Waals surface area contributed by atoms with Gasteiger partial charge in [0.2, 0.25) is 0 Å². The van der Waals surface area contributed by atoms with E-state index in [4.69, 9.17) is 5.11 Å². The molecule has 0 saturated carbocycles. The van der Waals surface area contributed by atoms with Crippen molar-refractivity contribution in [2.24, 2.45) is 12.2 Å². The monoisotopic (exact) mass is 317 g/mol. The first-order valence-corrected chi connectivity index (χ1v) is 6.75. The SMILES string of the molecule is CCC(C(=O)O)c1nccn1C.NS(=O)(=O)C(F)(F)F. The maximum Gasteiger partial charge on any atom is 0.511 e. The van der Waals surface area contributed by atoms with Crippen LogP contribution in [-0.4, -0.2) is 34.6 Å². The van der Waals surface area contributed by atoms with Crippen LogP contribution < -0.4 is 5.14 Å². The van der Waals surface area contributed by atoms with Gasteiger partial charge in [0, 0.05) is 19.4 Å². The molecule has 1 aromatic rings. The summed E-state index contributed by atoms with van der Waals surface area (Å²) in [6, 6.07) is 0. The molecule has 0 aromatic carbocycles. The predicted molar refractivity (Wildman–Crippen MR) is 63.0 cm³/mol. The summed E-state index contributed by atoms with van der Waals surface area (Å²) in [6.45, 7) is 1.84. The van der Waals surface area contributed by atoms with E-state index in [-0.39, 0.29) is 0 Å². The van der Waals surface area contributed by atoms with Crippen molar-refractivity contribution < 1.29 is 31.5 Å². The lowest BCUT2D eigenvalue weighted by Gasteiger charge is -2.08. The van der Waals surface area contributed by atoms with E-state index in [1.807, 2.05) is 6.92 Å². The van der Waals surface area contributed by atoms with Crippen LogP contribution in [0.1, 0.15) is 25.1 Å². The normalized spacial score (nSPS) is 13.3. The van der Waals surface area contributed by atoms with Gasteiger partial charge in [-0.25, -0.2) is 18.5 Å². The molecule has 1 heterocycles. The number of carbonyl (C=O) groups is 1. The largest absolute Gasteiger partial charge is 0.511 e. The topological polar surface area (TPSA) is 115 Å². The molecule has 0 aliphatic rings. The predicted octanol–water partition coefficient (Wildman–Crippen LogP) is 0.793. The number of carboxylic acids is 1. The fourth-order valence-electron chi connectivity index (χ4n) is 1.18. The molecule has 0 saturated heterocycles. The summed E-state index contributed by atoms with van der Waals surface area (Å²) in [5, 5.41) is 12.5. The van der Waals surface area contributed by atoms with E-state index in [1.54, 1.807) is 24.0 Å². The Morgan fingerprint density at radius 1 is 1.55 bits per heavy atom. The zero-order chi connectivity index (χ0) is 16.1. The Morgan fingerprint density at radius 2 is 2.00 bits per heavy atom. The lowest BCUT2D eigenvalue weighted by Crippen LogP contribution is -2.30. The van der Waals surface area contributed by atoms with Crippen molar-refractivity contribution >= 4 is 16.0 Å². The fourth-order valence-corrected chi connectivity index (χ4v) is 1.18. The number of halogens is 3. The van der Waals surface area contributed by atoms with Gasteiger partial charge in [-0.1, -0.05) is 6.92 Å². The molecule has 1 unspecified atom stereocenters. The molecule has 1 aromatic heterocycles. The van der Waals surface area contributed by atoms with E-state index in [0.717, 1.165) is 0 Å². The molecule has 1 rings (SSSR count). The van der Waals surface area contributed by atoms with Crippen LogP contribution in [-0.2, 0) is 21.9 Å². The zero-order valence-corrected chi connectivity index (χ0v) is 11.4. The van der Waals surface area contributed by atoms with Gasteiger partial charge in [0.25, 0.3) is 0 Å². The number of nitrogens with zero attached hydrogens (tertiary/aromatic N) is 2. The van der Waals surface area contributed by atoms with Gasteiger partial charge in [-0.3, -0.25) is 4.79 Å². The van der Waals surface area contributed by atoms with Crippen LogP contribution in [0.2, 0.25) is 0 Å². The first kappa shape index (κ1) is 18.4. The first-order chi connectivity index (χ1) is 8.91. The zero-order valence-electron chi connectivity index (χ0n) is 10.6. The van der Waals surface area contributed by atoms with Crippen LogP contribution in [0.15, 0.2) is 12.4 Å². The molecule has 0 aliphatic heterocycles. The molecular weight excluding hydrogens is 303 g/mol. The quantitative estimate of drug-likeness (QED) is 0.855. The average molecular weight is 317 g/mol. The van der Waals surface area contributed by atoms with Crippen molar-refractivity contribution in [2.45, 2.75) is 24.8 Å². The Labute approximate surface area is 113 Å². The van der Waals surface area contributed by atoms with Gasteiger partial charge in [-0.05, 0) is 6.42 Å². The van der Waals surface area contributed by atoms with Gasteiger partial charge in [0.1, 0.15) is 11.7 Å². The molecule has 20 heavy (non-hydrogen) atoms. The lowest BCUT2D eigenvalue weighted by molar-refractivity contribution is -0.139. The minimum Gasteiger partial charge on any atom is -0.481 e. The number of rotatable bonds is 3. The number of aromatic nitrogens is 2. The minimum atomic E-state index is -5.34. The van der Waals surface area contributed by atoms with Crippen LogP contribution in [0.25, 0.3) is 0 Å². The van der Waals surface area contributed by atoms with Crippen molar-refractivity contribution in [1.29, 1.82) is 0 Å². The summed E-state index contributed by atoms with van der Waals surface area (Å²) in [5.41, 5.74) is -5.31. The maximum atomic E-state index is 10.8. The summed E-state index contributed by atoms with van der Waals surface area (Å²) in [5.74, 6) is -0.679. The minimum absolute atomic E-state index is 0.481. The number of carboxylic acid groups (broad SMARTS) is 1. The Hall–Kier alpha value is -1.62. The second-order valence-corrected chi connectivity index (χ2v) is 5.24. The average Bonchev–Trinajstić information content (AvgIpc) is 2.63. The highest BCUT2D eigenvalue weighted by Gasteiger charge is 2.42. The van der Waals surface area contributed by atoms with E-state index in [0.29, 0.717) is 12.2 Å². The Kier molecular flexibility index (Phi) is 6.16. The molecule has 7 nitrogen and oxygen atoms in total. The van der Waals surface area contributed by atoms with Crippen molar-refractivity contribution in [3.8, 4) is 0 Å². The molecule has 11 heteroatoms. The van der Waals surface area contributed by atoms with Gasteiger partial charge in [0.05, 0.1) is 0 Å². The van der Waals surface area contributed by atoms with Crippen LogP contribution in [0.4, 0.5) is 13.2 Å². The third-order valence-electron chi connectivity index (χ3n) is 2.20. The lowest BCUT2D eigenvalue weighted by atomic mass is 10.1. The van der Waals surface area contributed by atoms with E-state index < -0.39 is 27.4 Å². The number of hydrogen-bond acceptors (Lipinski definition) is 4. The molecule has 0 aliphatic carbocycles. The molecule has 0 fully saturated rings. The maximum absolute atomic E-state index is 10.8. The third-order valence-corrected chi connectivity index (χ3v) is 2.84. The summed E-state index contributed by atoms with van der Waals surface area (Å²) in [7, 11) is -3.54. The number of primary sulfonamides is 1. The molecule has 0 bridgehead atoms. The summed E-state index contributed by atoms with van der Waals surface area (Å²) in [4.78, 5) is 14.7. The second kappa shape index (κ2) is 6.70. The number of hydrogen-bond donors (Lipinski definition) is 2. The highest BCUT2D eigenvalue weighted by atomic mass is 32.2.